The number of hydrogen-bond donors (Lipinski definition) is 4. The van der Waals surface area contributed by atoms with Crippen molar-refractivity contribution in [2.75, 3.05) is 11.9 Å². The Kier molecular flexibility index (Phi) is 12.0. The zero-order chi connectivity index (χ0) is 29.9. The van der Waals surface area contributed by atoms with Crippen LogP contribution in [-0.2, 0) is 19.1 Å². The predicted molar refractivity (Wildman–Crippen MR) is 153 cm³/mol. The lowest BCUT2D eigenvalue weighted by Crippen LogP contribution is -2.53. The molecule has 0 aromatic heterocycles. The van der Waals surface area contributed by atoms with Crippen LogP contribution in [0.25, 0.3) is 0 Å². The second kappa shape index (κ2) is 14.9. The maximum atomic E-state index is 14.1. The first-order chi connectivity index (χ1) is 18.8. The Labute approximate surface area is 236 Å². The molecule has 0 spiro atoms. The van der Waals surface area contributed by atoms with Gasteiger partial charge in [0.2, 0.25) is 11.8 Å². The molecular weight excluding hydrogens is 512 g/mol. The number of para-hydroxylation sites is 1. The van der Waals surface area contributed by atoms with Crippen molar-refractivity contribution >= 4 is 29.5 Å². The molecule has 218 valence electrons. The minimum atomic E-state index is -1.37. The fourth-order valence-corrected chi connectivity index (χ4v) is 4.21. The number of primary amides is 1. The van der Waals surface area contributed by atoms with Crippen LogP contribution in [0.2, 0.25) is 0 Å². The Hall–Kier alpha value is -4.08. The largest absolute Gasteiger partial charge is 0.508 e. The van der Waals surface area contributed by atoms with Crippen molar-refractivity contribution in [1.82, 2.24) is 10.2 Å². The van der Waals surface area contributed by atoms with Gasteiger partial charge in [-0.05, 0) is 63.4 Å². The van der Waals surface area contributed by atoms with Crippen LogP contribution in [0.15, 0.2) is 48.5 Å². The summed E-state index contributed by atoms with van der Waals surface area (Å²) < 4.78 is 5.31. The number of aromatic hydroxyl groups is 1. The third-order valence-corrected chi connectivity index (χ3v) is 6.08. The monoisotopic (exact) mass is 554 g/mol. The van der Waals surface area contributed by atoms with Crippen molar-refractivity contribution in [1.29, 1.82) is 0 Å². The van der Waals surface area contributed by atoms with E-state index in [0.29, 0.717) is 17.7 Å². The van der Waals surface area contributed by atoms with Crippen molar-refractivity contribution in [3.63, 3.8) is 0 Å². The molecule has 0 saturated heterocycles. The Morgan fingerprint density at radius 2 is 1.73 bits per heavy atom. The summed E-state index contributed by atoms with van der Waals surface area (Å²) in [5.74, 6) is -2.07. The number of alkyl carbamates (subject to hydrolysis) is 1. The number of hydrogen-bond acceptors (Lipinski definition) is 6. The number of amides is 4. The number of ether oxygens (including phenoxy) is 1. The Morgan fingerprint density at radius 3 is 2.33 bits per heavy atom. The van der Waals surface area contributed by atoms with E-state index in [9.17, 15) is 24.3 Å². The van der Waals surface area contributed by atoms with Crippen LogP contribution in [0.1, 0.15) is 77.0 Å². The van der Waals surface area contributed by atoms with E-state index in [1.807, 2.05) is 19.1 Å². The predicted octanol–water partition coefficient (Wildman–Crippen LogP) is 4.56. The molecule has 2 atom stereocenters. The summed E-state index contributed by atoms with van der Waals surface area (Å²) in [5.41, 5.74) is 6.36. The highest BCUT2D eigenvalue weighted by Crippen LogP contribution is 2.28. The van der Waals surface area contributed by atoms with E-state index in [1.54, 1.807) is 45.0 Å². The van der Waals surface area contributed by atoms with Crippen LogP contribution in [0.3, 0.4) is 0 Å². The summed E-state index contributed by atoms with van der Waals surface area (Å²) in [7, 11) is 0. The summed E-state index contributed by atoms with van der Waals surface area (Å²) in [6, 6.07) is 10.8. The van der Waals surface area contributed by atoms with Crippen molar-refractivity contribution in [2.24, 2.45) is 5.73 Å². The molecule has 0 heterocycles. The van der Waals surface area contributed by atoms with Crippen LogP contribution >= 0.6 is 0 Å². The average Bonchev–Trinajstić information content (AvgIpc) is 2.85. The van der Waals surface area contributed by atoms with E-state index in [4.69, 9.17) is 10.5 Å². The first kappa shape index (κ1) is 32.1. The van der Waals surface area contributed by atoms with Crippen LogP contribution in [0.4, 0.5) is 10.5 Å². The van der Waals surface area contributed by atoms with E-state index in [-0.39, 0.29) is 12.3 Å². The minimum absolute atomic E-state index is 0.0786. The van der Waals surface area contributed by atoms with Crippen molar-refractivity contribution < 1.29 is 29.0 Å². The highest BCUT2D eigenvalue weighted by Gasteiger charge is 2.37. The highest BCUT2D eigenvalue weighted by molar-refractivity contribution is 6.00. The molecule has 4 amide bonds. The van der Waals surface area contributed by atoms with E-state index < -0.39 is 47.9 Å². The normalized spacial score (nSPS) is 12.6. The van der Waals surface area contributed by atoms with Gasteiger partial charge in [0, 0.05) is 12.2 Å². The fraction of sp³-hybridized carbons (Fsp3) is 0.467. The smallest absolute Gasteiger partial charge is 0.408 e. The van der Waals surface area contributed by atoms with Gasteiger partial charge in [-0.2, -0.15) is 0 Å². The number of nitrogens with one attached hydrogen (secondary N) is 2. The molecule has 0 saturated carbocycles. The van der Waals surface area contributed by atoms with Gasteiger partial charge in [0.1, 0.15) is 23.4 Å². The number of anilines is 1. The SMILES string of the molecule is CCCCCCN(C(=O)C(CC(N)=O)NC(=O)OC(C)(C)C)C(C(=O)Nc1ccccc1C)c1cccc(O)c1. The van der Waals surface area contributed by atoms with Crippen molar-refractivity contribution in [2.45, 2.75) is 84.4 Å². The topological polar surface area (TPSA) is 151 Å². The van der Waals surface area contributed by atoms with Gasteiger partial charge in [-0.15, -0.1) is 0 Å². The lowest BCUT2D eigenvalue weighted by atomic mass is 10.0. The zero-order valence-corrected chi connectivity index (χ0v) is 24.0. The molecule has 2 aromatic carbocycles. The van der Waals surface area contributed by atoms with Gasteiger partial charge in [-0.3, -0.25) is 14.4 Å². The quantitative estimate of drug-likeness (QED) is 0.267. The van der Waals surface area contributed by atoms with Crippen LogP contribution in [0, 0.1) is 6.92 Å². The van der Waals surface area contributed by atoms with Crippen molar-refractivity contribution in [3.8, 4) is 5.75 Å². The van der Waals surface area contributed by atoms with Gasteiger partial charge in [-0.25, -0.2) is 4.79 Å². The van der Waals surface area contributed by atoms with E-state index in [1.165, 1.54) is 17.0 Å². The maximum Gasteiger partial charge on any atom is 0.408 e. The first-order valence-corrected chi connectivity index (χ1v) is 13.6. The van der Waals surface area contributed by atoms with Gasteiger partial charge in [0.15, 0.2) is 0 Å². The minimum Gasteiger partial charge on any atom is -0.508 e. The van der Waals surface area contributed by atoms with E-state index in [2.05, 4.69) is 17.6 Å². The zero-order valence-electron chi connectivity index (χ0n) is 24.0. The summed E-state index contributed by atoms with van der Waals surface area (Å²) in [4.78, 5) is 53.8. The van der Waals surface area contributed by atoms with Crippen LogP contribution in [0.5, 0.6) is 5.75 Å². The van der Waals surface area contributed by atoms with E-state index >= 15 is 0 Å². The lowest BCUT2D eigenvalue weighted by Gasteiger charge is -2.34. The molecule has 10 nitrogen and oxygen atoms in total. The molecule has 0 aliphatic rings. The summed E-state index contributed by atoms with van der Waals surface area (Å²) >= 11 is 0. The molecule has 0 radical (unpaired) electrons. The van der Waals surface area contributed by atoms with Gasteiger partial charge < -0.3 is 31.1 Å². The number of phenols is 1. The highest BCUT2D eigenvalue weighted by atomic mass is 16.6. The number of phenolic OH excluding ortho intramolecular Hbond substituents is 1. The van der Waals surface area contributed by atoms with Gasteiger partial charge in [0.25, 0.3) is 5.91 Å². The third kappa shape index (κ3) is 10.2. The number of carbonyl (C=O) groups excluding carboxylic acids is 4. The van der Waals surface area contributed by atoms with Gasteiger partial charge in [-0.1, -0.05) is 56.5 Å². The number of nitrogens with zero attached hydrogens (tertiary/aromatic N) is 1. The van der Waals surface area contributed by atoms with E-state index in [0.717, 1.165) is 24.8 Å². The lowest BCUT2D eigenvalue weighted by molar-refractivity contribution is -0.142. The first-order valence-electron chi connectivity index (χ1n) is 13.6. The Bertz CT molecular complexity index is 1180. The molecule has 5 N–H and O–H groups in total. The molecule has 10 heteroatoms. The Balaban J connectivity index is 2.55. The van der Waals surface area contributed by atoms with Gasteiger partial charge >= 0.3 is 6.09 Å². The number of nitrogens with two attached hydrogens (primary N) is 1. The van der Waals surface area contributed by atoms with Crippen LogP contribution in [-0.4, -0.2) is 52.0 Å². The number of aryl methyl sites for hydroxylation is 1. The number of unbranched alkanes of at least 4 members (excludes halogenated alkanes) is 3. The van der Waals surface area contributed by atoms with Crippen LogP contribution < -0.4 is 16.4 Å². The van der Waals surface area contributed by atoms with Gasteiger partial charge in [0.05, 0.1) is 6.42 Å². The molecule has 0 aliphatic heterocycles. The summed E-state index contributed by atoms with van der Waals surface area (Å²) in [5, 5.41) is 15.6. The average molecular weight is 555 g/mol. The molecule has 2 aromatic rings. The Morgan fingerprint density at radius 1 is 1.02 bits per heavy atom. The maximum absolute atomic E-state index is 14.1. The molecule has 2 unspecified atom stereocenters. The second-order valence-electron chi connectivity index (χ2n) is 10.8. The summed E-state index contributed by atoms with van der Waals surface area (Å²) in [6.07, 6.45) is 1.87. The molecule has 40 heavy (non-hydrogen) atoms. The molecule has 0 aliphatic carbocycles. The fourth-order valence-electron chi connectivity index (χ4n) is 4.21. The molecular formula is C30H42N4O6. The molecule has 0 bridgehead atoms. The molecule has 0 fully saturated rings. The number of rotatable bonds is 13. The standard InChI is InChI=1S/C30H42N4O6/c1-6-7-8-11-17-34(28(38)24(19-25(31)36)33-29(39)40-30(3,4)5)26(21-14-12-15-22(35)18-21)27(37)32-23-16-10-9-13-20(23)2/h9-10,12-16,18,24,26,35H,6-8,11,17,19H2,1-5H3,(H2,31,36)(H,32,37)(H,33,39). The van der Waals surface area contributed by atoms with Crippen molar-refractivity contribution in [3.05, 3.63) is 59.7 Å². The third-order valence-electron chi connectivity index (χ3n) is 6.08. The number of carbonyl (C=O) groups is 4. The number of benzene rings is 2. The molecule has 2 rings (SSSR count). The summed E-state index contributed by atoms with van der Waals surface area (Å²) in [6.45, 7) is 9.08. The second-order valence-corrected chi connectivity index (χ2v) is 10.8.